The van der Waals surface area contributed by atoms with Crippen LogP contribution in [0, 0.1) is 0 Å². The van der Waals surface area contributed by atoms with Crippen molar-refractivity contribution in [3.63, 3.8) is 0 Å². The molecule has 0 aromatic rings. The lowest BCUT2D eigenvalue weighted by molar-refractivity contribution is 0.0922. The summed E-state index contributed by atoms with van der Waals surface area (Å²) >= 11 is 0. The fourth-order valence-electron chi connectivity index (χ4n) is 2.00. The van der Waals surface area contributed by atoms with Crippen molar-refractivity contribution in [2.75, 3.05) is 45.5 Å². The molecule has 1 fully saturated rings. The molecule has 1 saturated heterocycles. The van der Waals surface area contributed by atoms with Crippen molar-refractivity contribution in [2.45, 2.75) is 26.3 Å². The second-order valence-electron chi connectivity index (χ2n) is 5.48. The van der Waals surface area contributed by atoms with E-state index in [1.54, 1.807) is 11.4 Å². The molecule has 6 heteroatoms. The molecule has 0 amide bonds. The lowest BCUT2D eigenvalue weighted by atomic mass is 10.1. The summed E-state index contributed by atoms with van der Waals surface area (Å²) in [4.78, 5) is 2.33. The number of nitrogens with zero attached hydrogens (tertiary/aromatic N) is 2. The van der Waals surface area contributed by atoms with Gasteiger partial charge in [0, 0.05) is 38.3 Å². The minimum Gasteiger partial charge on any atom is -0.319 e. The van der Waals surface area contributed by atoms with E-state index >= 15 is 0 Å². The Bertz CT molecular complexity index is 327. The predicted octanol–water partition coefficient (Wildman–Crippen LogP) is -0.0483. The zero-order chi connectivity index (χ0) is 13.1. The Morgan fingerprint density at radius 1 is 1.12 bits per heavy atom. The first-order valence-corrected chi connectivity index (χ1v) is 7.76. The van der Waals surface area contributed by atoms with Crippen molar-refractivity contribution in [3.8, 4) is 0 Å². The SMILES string of the molecule is CNCCS(=O)(=O)N1CCN(C(C)(C)C)CC1. The average Bonchev–Trinajstić information content (AvgIpc) is 2.25. The Morgan fingerprint density at radius 2 is 1.65 bits per heavy atom. The summed E-state index contributed by atoms with van der Waals surface area (Å²) in [6.45, 7) is 9.88. The van der Waals surface area contributed by atoms with Gasteiger partial charge >= 0.3 is 0 Å². The van der Waals surface area contributed by atoms with E-state index in [0.717, 1.165) is 13.1 Å². The first-order chi connectivity index (χ1) is 7.77. The maximum absolute atomic E-state index is 12.0. The van der Waals surface area contributed by atoms with Crippen molar-refractivity contribution < 1.29 is 8.42 Å². The highest BCUT2D eigenvalue weighted by Crippen LogP contribution is 2.17. The Hall–Kier alpha value is -0.170. The van der Waals surface area contributed by atoms with Crippen LogP contribution in [0.25, 0.3) is 0 Å². The Labute approximate surface area is 105 Å². The number of nitrogens with one attached hydrogen (secondary N) is 1. The quantitative estimate of drug-likeness (QED) is 0.773. The first kappa shape index (κ1) is 14.9. The molecule has 1 aliphatic heterocycles. The second kappa shape index (κ2) is 5.65. The normalized spacial score (nSPS) is 20.7. The van der Waals surface area contributed by atoms with Crippen LogP contribution < -0.4 is 5.32 Å². The van der Waals surface area contributed by atoms with Crippen molar-refractivity contribution in [1.82, 2.24) is 14.5 Å². The van der Waals surface area contributed by atoms with Crippen LogP contribution in [-0.4, -0.2) is 68.7 Å². The van der Waals surface area contributed by atoms with Gasteiger partial charge in [-0.3, -0.25) is 4.90 Å². The van der Waals surface area contributed by atoms with E-state index in [4.69, 9.17) is 0 Å². The summed E-state index contributed by atoms with van der Waals surface area (Å²) in [6.07, 6.45) is 0. The van der Waals surface area contributed by atoms with Crippen LogP contribution in [0.4, 0.5) is 0 Å². The summed E-state index contributed by atoms with van der Waals surface area (Å²) in [7, 11) is -1.30. The van der Waals surface area contributed by atoms with Crippen LogP contribution in [0.3, 0.4) is 0 Å². The Balaban J connectivity index is 2.52. The van der Waals surface area contributed by atoms with E-state index in [0.29, 0.717) is 19.6 Å². The Kier molecular flexibility index (Phi) is 4.95. The van der Waals surface area contributed by atoms with Crippen LogP contribution in [0.1, 0.15) is 20.8 Å². The maximum Gasteiger partial charge on any atom is 0.215 e. The van der Waals surface area contributed by atoms with E-state index in [9.17, 15) is 8.42 Å². The molecular weight excluding hydrogens is 238 g/mol. The molecule has 0 saturated carbocycles. The minimum absolute atomic E-state index is 0.126. The number of rotatable bonds is 4. The van der Waals surface area contributed by atoms with Gasteiger partial charge in [-0.1, -0.05) is 0 Å². The molecule has 1 aliphatic rings. The van der Waals surface area contributed by atoms with Crippen LogP contribution in [0.2, 0.25) is 0 Å². The van der Waals surface area contributed by atoms with Gasteiger partial charge in [0.1, 0.15) is 0 Å². The topological polar surface area (TPSA) is 52.7 Å². The third-order valence-electron chi connectivity index (χ3n) is 3.19. The highest BCUT2D eigenvalue weighted by Gasteiger charge is 2.30. The molecule has 102 valence electrons. The predicted molar refractivity (Wildman–Crippen MR) is 70.6 cm³/mol. The van der Waals surface area contributed by atoms with Crippen LogP contribution in [-0.2, 0) is 10.0 Å². The van der Waals surface area contributed by atoms with Gasteiger partial charge in [0.05, 0.1) is 5.75 Å². The van der Waals surface area contributed by atoms with Crippen molar-refractivity contribution >= 4 is 10.0 Å². The van der Waals surface area contributed by atoms with Gasteiger partial charge in [0.2, 0.25) is 10.0 Å². The molecule has 0 aromatic heterocycles. The summed E-state index contributed by atoms with van der Waals surface area (Å²) in [5.74, 6) is 0.193. The summed E-state index contributed by atoms with van der Waals surface area (Å²) in [5.41, 5.74) is 0.126. The second-order valence-corrected chi connectivity index (χ2v) is 7.56. The van der Waals surface area contributed by atoms with E-state index < -0.39 is 10.0 Å². The smallest absolute Gasteiger partial charge is 0.215 e. The van der Waals surface area contributed by atoms with Crippen molar-refractivity contribution in [2.24, 2.45) is 0 Å². The molecule has 0 unspecified atom stereocenters. The van der Waals surface area contributed by atoms with E-state index in [1.165, 1.54) is 0 Å². The molecule has 1 rings (SSSR count). The van der Waals surface area contributed by atoms with Gasteiger partial charge in [0.15, 0.2) is 0 Å². The zero-order valence-corrected chi connectivity index (χ0v) is 12.2. The van der Waals surface area contributed by atoms with Gasteiger partial charge in [-0.2, -0.15) is 4.31 Å². The van der Waals surface area contributed by atoms with Crippen LogP contribution in [0.15, 0.2) is 0 Å². The molecule has 17 heavy (non-hydrogen) atoms. The van der Waals surface area contributed by atoms with Crippen molar-refractivity contribution in [3.05, 3.63) is 0 Å². The van der Waals surface area contributed by atoms with E-state index in [-0.39, 0.29) is 11.3 Å². The molecule has 1 N–H and O–H groups in total. The number of hydrogen-bond donors (Lipinski definition) is 1. The van der Waals surface area contributed by atoms with Crippen LogP contribution in [0.5, 0.6) is 0 Å². The third-order valence-corrected chi connectivity index (χ3v) is 5.06. The largest absolute Gasteiger partial charge is 0.319 e. The maximum atomic E-state index is 12.0. The summed E-state index contributed by atoms with van der Waals surface area (Å²) in [5, 5.41) is 2.88. The fraction of sp³-hybridized carbons (Fsp3) is 1.00. The molecular formula is C11H25N3O2S. The van der Waals surface area contributed by atoms with Gasteiger partial charge in [-0.05, 0) is 27.8 Å². The molecule has 0 bridgehead atoms. The highest BCUT2D eigenvalue weighted by molar-refractivity contribution is 7.89. The third kappa shape index (κ3) is 4.21. The number of piperazine rings is 1. The first-order valence-electron chi connectivity index (χ1n) is 6.15. The molecule has 5 nitrogen and oxygen atoms in total. The average molecular weight is 263 g/mol. The van der Waals surface area contributed by atoms with Crippen molar-refractivity contribution in [1.29, 1.82) is 0 Å². The molecule has 0 spiro atoms. The lowest BCUT2D eigenvalue weighted by Crippen LogP contribution is -2.55. The van der Waals surface area contributed by atoms with Gasteiger partial charge in [0.25, 0.3) is 0 Å². The highest BCUT2D eigenvalue weighted by atomic mass is 32.2. The van der Waals surface area contributed by atoms with E-state index in [1.807, 2.05) is 0 Å². The number of hydrogen-bond acceptors (Lipinski definition) is 4. The fourth-order valence-corrected chi connectivity index (χ4v) is 3.44. The standard InChI is InChI=1S/C11H25N3O2S/c1-11(2,3)13-6-8-14(9-7-13)17(15,16)10-5-12-4/h12H,5-10H2,1-4H3. The molecule has 0 radical (unpaired) electrons. The van der Waals surface area contributed by atoms with Gasteiger partial charge < -0.3 is 5.32 Å². The molecule has 1 heterocycles. The molecule has 0 aromatic carbocycles. The van der Waals surface area contributed by atoms with Gasteiger partial charge in [-0.15, -0.1) is 0 Å². The van der Waals surface area contributed by atoms with Gasteiger partial charge in [-0.25, -0.2) is 8.42 Å². The van der Waals surface area contributed by atoms with E-state index in [2.05, 4.69) is 31.0 Å². The monoisotopic (exact) mass is 263 g/mol. The number of sulfonamides is 1. The Morgan fingerprint density at radius 3 is 2.06 bits per heavy atom. The molecule has 0 atom stereocenters. The summed E-state index contributed by atoms with van der Waals surface area (Å²) in [6, 6.07) is 0. The summed E-state index contributed by atoms with van der Waals surface area (Å²) < 4.78 is 25.6. The lowest BCUT2D eigenvalue weighted by Gasteiger charge is -2.41. The minimum atomic E-state index is -3.07. The van der Waals surface area contributed by atoms with Crippen LogP contribution >= 0.6 is 0 Å². The zero-order valence-electron chi connectivity index (χ0n) is 11.4. The molecule has 0 aliphatic carbocycles.